The van der Waals surface area contributed by atoms with Gasteiger partial charge in [-0.2, -0.15) is 0 Å². The summed E-state index contributed by atoms with van der Waals surface area (Å²) in [6, 6.07) is 1.31. The van der Waals surface area contributed by atoms with Gasteiger partial charge in [-0.15, -0.1) is 0 Å². The fraction of sp³-hybridized carbons (Fsp3) is 0.308. The predicted molar refractivity (Wildman–Crippen MR) is 64.8 cm³/mol. The molecule has 1 aromatic rings. The highest BCUT2D eigenvalue weighted by Crippen LogP contribution is 2.25. The van der Waals surface area contributed by atoms with Gasteiger partial charge < -0.3 is 9.84 Å². The number of carboxylic acid groups (broad SMARTS) is 1. The fourth-order valence-corrected chi connectivity index (χ4v) is 2.07. The maximum absolute atomic E-state index is 13.1. The average molecular weight is 299 g/mol. The van der Waals surface area contributed by atoms with Crippen LogP contribution in [0.4, 0.5) is 8.78 Å². The van der Waals surface area contributed by atoms with Gasteiger partial charge in [-0.3, -0.25) is 19.3 Å². The predicted octanol–water partition coefficient (Wildman–Crippen LogP) is 1.05. The second kappa shape index (κ2) is 5.57. The van der Waals surface area contributed by atoms with Gasteiger partial charge in [0.1, 0.15) is 0 Å². The molecule has 1 unspecified atom stereocenters. The van der Waals surface area contributed by atoms with Crippen molar-refractivity contribution >= 4 is 17.8 Å². The molecule has 0 saturated carbocycles. The molecule has 2 amide bonds. The minimum atomic E-state index is -1.23. The van der Waals surface area contributed by atoms with E-state index in [1.165, 1.54) is 7.11 Å². The summed E-state index contributed by atoms with van der Waals surface area (Å²) in [5.74, 6) is -5.23. The van der Waals surface area contributed by atoms with Crippen molar-refractivity contribution in [2.75, 3.05) is 13.7 Å². The van der Waals surface area contributed by atoms with E-state index in [1.807, 2.05) is 0 Å². The highest BCUT2D eigenvalue weighted by Gasteiger charge is 2.38. The molecule has 1 N–H and O–H groups in total. The summed E-state index contributed by atoms with van der Waals surface area (Å²) in [5, 5.41) is 8.70. The van der Waals surface area contributed by atoms with Crippen molar-refractivity contribution in [2.24, 2.45) is 0 Å². The van der Waals surface area contributed by atoms with Crippen LogP contribution in [0.25, 0.3) is 0 Å². The molecule has 1 aromatic carbocycles. The molecule has 0 aliphatic carbocycles. The highest BCUT2D eigenvalue weighted by atomic mass is 19.2. The van der Waals surface area contributed by atoms with Crippen molar-refractivity contribution in [3.63, 3.8) is 0 Å². The minimum absolute atomic E-state index is 0.246. The lowest BCUT2D eigenvalue weighted by Crippen LogP contribution is -2.38. The number of hydrogen-bond donors (Lipinski definition) is 1. The number of halogens is 2. The summed E-state index contributed by atoms with van der Waals surface area (Å²) < 4.78 is 31.2. The first-order chi connectivity index (χ1) is 9.85. The molecule has 0 bridgehead atoms. The maximum atomic E-state index is 13.1. The molecule has 1 aliphatic heterocycles. The van der Waals surface area contributed by atoms with Gasteiger partial charge in [0.2, 0.25) is 0 Å². The maximum Gasteiger partial charge on any atom is 0.306 e. The normalized spacial score (nSPS) is 15.3. The number of methoxy groups -OCH3 is 1. The van der Waals surface area contributed by atoms with E-state index in [4.69, 9.17) is 9.84 Å². The van der Waals surface area contributed by atoms with Gasteiger partial charge >= 0.3 is 5.97 Å². The van der Waals surface area contributed by atoms with Crippen molar-refractivity contribution in [3.8, 4) is 0 Å². The SMILES string of the molecule is COC(CC(=O)O)CN1C(=O)c2cc(F)c(F)cc2C1=O. The number of aliphatic carboxylic acids is 1. The Balaban J connectivity index is 2.27. The molecule has 0 radical (unpaired) electrons. The molecule has 1 aliphatic rings. The van der Waals surface area contributed by atoms with Gasteiger partial charge in [0.25, 0.3) is 11.8 Å². The third-order valence-electron chi connectivity index (χ3n) is 3.13. The number of fused-ring (bicyclic) bond motifs is 1. The molecule has 8 heteroatoms. The standard InChI is InChI=1S/C13H11F2NO5/c1-21-6(2-11(17)18)5-16-12(19)7-3-9(14)10(15)4-8(7)13(16)20/h3-4,6H,2,5H2,1H3,(H,17,18). The average Bonchev–Trinajstić information content (AvgIpc) is 2.63. The molecule has 0 saturated heterocycles. The zero-order valence-electron chi connectivity index (χ0n) is 10.9. The lowest BCUT2D eigenvalue weighted by molar-refractivity contribution is -0.139. The summed E-state index contributed by atoms with van der Waals surface area (Å²) in [5.41, 5.74) is -0.492. The van der Waals surface area contributed by atoms with E-state index in [2.05, 4.69) is 0 Å². The number of carbonyl (C=O) groups excluding carboxylic acids is 2. The van der Waals surface area contributed by atoms with Crippen LogP contribution >= 0.6 is 0 Å². The molecule has 112 valence electrons. The number of rotatable bonds is 5. The van der Waals surface area contributed by atoms with E-state index >= 15 is 0 Å². The van der Waals surface area contributed by atoms with Gasteiger partial charge in [-0.1, -0.05) is 0 Å². The number of carbonyl (C=O) groups is 3. The van der Waals surface area contributed by atoms with Crippen molar-refractivity contribution in [3.05, 3.63) is 34.9 Å². The highest BCUT2D eigenvalue weighted by molar-refractivity contribution is 6.21. The molecule has 6 nitrogen and oxygen atoms in total. The Morgan fingerprint density at radius 2 is 1.71 bits per heavy atom. The topological polar surface area (TPSA) is 83.9 Å². The smallest absolute Gasteiger partial charge is 0.306 e. The zero-order valence-corrected chi connectivity index (χ0v) is 10.9. The minimum Gasteiger partial charge on any atom is -0.481 e. The molecule has 1 heterocycles. The summed E-state index contributed by atoms with van der Waals surface area (Å²) in [6.07, 6.45) is -1.31. The first kappa shape index (κ1) is 15.0. The number of amides is 2. The van der Waals surface area contributed by atoms with Gasteiger partial charge in [0.15, 0.2) is 11.6 Å². The Hall–Kier alpha value is -2.35. The van der Waals surface area contributed by atoms with Crippen molar-refractivity contribution in [1.82, 2.24) is 4.90 Å². The van der Waals surface area contributed by atoms with E-state index in [9.17, 15) is 23.2 Å². The van der Waals surface area contributed by atoms with Crippen LogP contribution in [0.2, 0.25) is 0 Å². The summed E-state index contributed by atoms with van der Waals surface area (Å²) >= 11 is 0. The monoisotopic (exact) mass is 299 g/mol. The third-order valence-corrected chi connectivity index (χ3v) is 3.13. The fourth-order valence-electron chi connectivity index (χ4n) is 2.07. The first-order valence-electron chi connectivity index (χ1n) is 5.95. The van der Waals surface area contributed by atoms with Gasteiger partial charge in [-0.05, 0) is 12.1 Å². The molecule has 0 aromatic heterocycles. The quantitative estimate of drug-likeness (QED) is 0.822. The Morgan fingerprint density at radius 1 is 1.24 bits per heavy atom. The van der Waals surface area contributed by atoms with Crippen LogP contribution in [0.15, 0.2) is 12.1 Å². The van der Waals surface area contributed by atoms with Gasteiger partial charge in [-0.25, -0.2) is 8.78 Å². The van der Waals surface area contributed by atoms with Crippen molar-refractivity contribution in [1.29, 1.82) is 0 Å². The Morgan fingerprint density at radius 3 is 2.10 bits per heavy atom. The second-order valence-electron chi connectivity index (χ2n) is 4.49. The molecule has 0 spiro atoms. The zero-order chi connectivity index (χ0) is 15.7. The molecule has 1 atom stereocenters. The third kappa shape index (κ3) is 2.75. The van der Waals surface area contributed by atoms with Crippen LogP contribution in [0.5, 0.6) is 0 Å². The van der Waals surface area contributed by atoms with E-state index in [-0.39, 0.29) is 17.7 Å². The second-order valence-corrected chi connectivity index (χ2v) is 4.49. The molecule has 21 heavy (non-hydrogen) atoms. The van der Waals surface area contributed by atoms with Crippen molar-refractivity contribution < 1.29 is 33.0 Å². The Kier molecular flexibility index (Phi) is 3.99. The van der Waals surface area contributed by atoms with Crippen LogP contribution in [-0.2, 0) is 9.53 Å². The number of carboxylic acids is 1. The van der Waals surface area contributed by atoms with Crippen LogP contribution < -0.4 is 0 Å². The van der Waals surface area contributed by atoms with Gasteiger partial charge in [0, 0.05) is 7.11 Å². The Labute approximate surface area is 117 Å². The largest absolute Gasteiger partial charge is 0.481 e. The van der Waals surface area contributed by atoms with Gasteiger partial charge in [0.05, 0.1) is 30.2 Å². The van der Waals surface area contributed by atoms with E-state index in [0.717, 1.165) is 4.90 Å². The summed E-state index contributed by atoms with van der Waals surface area (Å²) in [7, 11) is 1.24. The first-order valence-corrected chi connectivity index (χ1v) is 5.95. The van der Waals surface area contributed by atoms with E-state index in [1.54, 1.807) is 0 Å². The van der Waals surface area contributed by atoms with Crippen LogP contribution in [0.3, 0.4) is 0 Å². The molecular weight excluding hydrogens is 288 g/mol. The number of benzene rings is 1. The number of hydrogen-bond acceptors (Lipinski definition) is 4. The van der Waals surface area contributed by atoms with E-state index in [0.29, 0.717) is 12.1 Å². The van der Waals surface area contributed by atoms with E-state index < -0.39 is 41.9 Å². The molecular formula is C13H11F2NO5. The van der Waals surface area contributed by atoms with Crippen LogP contribution in [0.1, 0.15) is 27.1 Å². The lowest BCUT2D eigenvalue weighted by Gasteiger charge is -2.19. The van der Waals surface area contributed by atoms with Crippen LogP contribution in [-0.4, -0.2) is 47.5 Å². The Bertz CT molecular complexity index is 590. The lowest BCUT2D eigenvalue weighted by atomic mass is 10.1. The number of nitrogens with zero attached hydrogens (tertiary/aromatic N) is 1. The number of imide groups is 1. The van der Waals surface area contributed by atoms with Crippen molar-refractivity contribution in [2.45, 2.75) is 12.5 Å². The summed E-state index contributed by atoms with van der Waals surface area (Å²) in [6.45, 7) is -0.307. The molecule has 0 fully saturated rings. The van der Waals surface area contributed by atoms with Crippen LogP contribution in [0, 0.1) is 11.6 Å². The number of ether oxygens (including phenoxy) is 1. The molecule has 2 rings (SSSR count). The summed E-state index contributed by atoms with van der Waals surface area (Å²) in [4.78, 5) is 35.4.